The van der Waals surface area contributed by atoms with Crippen molar-refractivity contribution in [1.82, 2.24) is 5.16 Å². The van der Waals surface area contributed by atoms with E-state index in [1.54, 1.807) is 0 Å². The number of nitrogens with zero attached hydrogens (tertiary/aromatic N) is 1. The molecule has 86 valence electrons. The number of rotatable bonds is 5. The fraction of sp³-hybridized carbons (Fsp3) is 0.750. The summed E-state index contributed by atoms with van der Waals surface area (Å²) in [6.45, 7) is 8.79. The molecule has 1 rings (SSSR count). The molecule has 0 aliphatic heterocycles. The van der Waals surface area contributed by atoms with Gasteiger partial charge in [0.15, 0.2) is 0 Å². The van der Waals surface area contributed by atoms with Gasteiger partial charge in [-0.2, -0.15) is 0 Å². The second-order valence-corrected chi connectivity index (χ2v) is 5.00. The van der Waals surface area contributed by atoms with Gasteiger partial charge in [0, 0.05) is 5.56 Å². The highest BCUT2D eigenvalue weighted by Gasteiger charge is 2.14. The highest BCUT2D eigenvalue weighted by atomic mass is 16.5. The molecular formula is C12H22N2O. The molecule has 0 aliphatic rings. The van der Waals surface area contributed by atoms with Crippen LogP contribution in [-0.2, 0) is 12.8 Å². The Balaban J connectivity index is 2.70. The molecule has 0 radical (unpaired) electrons. The van der Waals surface area contributed by atoms with Crippen LogP contribution >= 0.6 is 0 Å². The molecule has 0 aliphatic carbocycles. The highest BCUT2D eigenvalue weighted by molar-refractivity contribution is 5.39. The molecule has 0 unspecified atom stereocenters. The van der Waals surface area contributed by atoms with E-state index in [1.807, 2.05) is 0 Å². The van der Waals surface area contributed by atoms with Crippen molar-refractivity contribution < 1.29 is 4.52 Å². The largest absolute Gasteiger partial charge is 0.367 e. The molecule has 0 aromatic carbocycles. The number of nitrogens with two attached hydrogens (primary N) is 1. The summed E-state index contributed by atoms with van der Waals surface area (Å²) in [4.78, 5) is 0. The molecule has 0 amide bonds. The van der Waals surface area contributed by atoms with Crippen molar-refractivity contribution in [2.45, 2.75) is 47.0 Å². The van der Waals surface area contributed by atoms with E-state index < -0.39 is 0 Å². The van der Waals surface area contributed by atoms with Crippen molar-refractivity contribution >= 4 is 5.88 Å². The van der Waals surface area contributed by atoms with Gasteiger partial charge in [-0.1, -0.05) is 32.9 Å². The Morgan fingerprint density at radius 1 is 1.20 bits per heavy atom. The summed E-state index contributed by atoms with van der Waals surface area (Å²) in [6.07, 6.45) is 3.07. The Morgan fingerprint density at radius 3 is 2.40 bits per heavy atom. The average Bonchev–Trinajstić information content (AvgIpc) is 2.44. The fourth-order valence-corrected chi connectivity index (χ4v) is 1.61. The van der Waals surface area contributed by atoms with Crippen LogP contribution < -0.4 is 5.73 Å². The first-order chi connectivity index (χ1) is 7.00. The summed E-state index contributed by atoms with van der Waals surface area (Å²) in [5.74, 6) is 1.78. The molecule has 2 N–H and O–H groups in total. The smallest absolute Gasteiger partial charge is 0.225 e. The molecule has 15 heavy (non-hydrogen) atoms. The summed E-state index contributed by atoms with van der Waals surface area (Å²) in [5.41, 5.74) is 7.93. The molecule has 1 aromatic heterocycles. The van der Waals surface area contributed by atoms with Crippen molar-refractivity contribution in [1.29, 1.82) is 0 Å². The maximum absolute atomic E-state index is 5.77. The van der Waals surface area contributed by atoms with Crippen LogP contribution in [-0.4, -0.2) is 5.16 Å². The van der Waals surface area contributed by atoms with E-state index in [0.717, 1.165) is 30.5 Å². The second-order valence-electron chi connectivity index (χ2n) is 5.00. The lowest BCUT2D eigenvalue weighted by molar-refractivity contribution is 0.423. The average molecular weight is 210 g/mol. The van der Waals surface area contributed by atoms with E-state index in [9.17, 15) is 0 Å². The normalized spacial score (nSPS) is 11.6. The Kier molecular flexibility index (Phi) is 4.18. The molecule has 3 nitrogen and oxygen atoms in total. The van der Waals surface area contributed by atoms with Crippen molar-refractivity contribution in [2.75, 3.05) is 5.73 Å². The zero-order chi connectivity index (χ0) is 11.4. The summed E-state index contributed by atoms with van der Waals surface area (Å²) >= 11 is 0. The molecule has 1 aromatic rings. The first-order valence-corrected chi connectivity index (χ1v) is 5.73. The van der Waals surface area contributed by atoms with Crippen LogP contribution in [0.4, 0.5) is 5.88 Å². The SMILES string of the molecule is CC(C)CCc1noc(N)c1CC(C)C. The van der Waals surface area contributed by atoms with Crippen LogP contribution in [0.5, 0.6) is 0 Å². The van der Waals surface area contributed by atoms with Crippen LogP contribution in [0, 0.1) is 11.8 Å². The Morgan fingerprint density at radius 2 is 1.87 bits per heavy atom. The Bertz CT molecular complexity index is 303. The van der Waals surface area contributed by atoms with Crippen molar-refractivity contribution in [2.24, 2.45) is 11.8 Å². The van der Waals surface area contributed by atoms with E-state index in [0.29, 0.717) is 17.7 Å². The maximum Gasteiger partial charge on any atom is 0.225 e. The van der Waals surface area contributed by atoms with Gasteiger partial charge in [0.1, 0.15) is 0 Å². The van der Waals surface area contributed by atoms with Gasteiger partial charge in [-0.3, -0.25) is 0 Å². The topological polar surface area (TPSA) is 52.0 Å². The van der Waals surface area contributed by atoms with Gasteiger partial charge >= 0.3 is 0 Å². The number of hydrogen-bond donors (Lipinski definition) is 1. The Hall–Kier alpha value is -0.990. The predicted molar refractivity (Wildman–Crippen MR) is 62.6 cm³/mol. The minimum atomic E-state index is 0.502. The van der Waals surface area contributed by atoms with Crippen LogP contribution in [0.2, 0.25) is 0 Å². The molecule has 0 fully saturated rings. The van der Waals surface area contributed by atoms with E-state index in [1.165, 1.54) is 0 Å². The zero-order valence-corrected chi connectivity index (χ0v) is 10.2. The third kappa shape index (κ3) is 3.57. The van der Waals surface area contributed by atoms with Gasteiger partial charge in [0.25, 0.3) is 0 Å². The number of anilines is 1. The van der Waals surface area contributed by atoms with E-state index in [4.69, 9.17) is 10.3 Å². The number of aromatic nitrogens is 1. The highest BCUT2D eigenvalue weighted by Crippen LogP contribution is 2.22. The number of aryl methyl sites for hydroxylation is 1. The lowest BCUT2D eigenvalue weighted by Gasteiger charge is -2.06. The molecule has 0 bridgehead atoms. The first kappa shape index (κ1) is 12.1. The molecule has 0 saturated carbocycles. The van der Waals surface area contributed by atoms with E-state index in [2.05, 4.69) is 32.9 Å². The second kappa shape index (κ2) is 5.19. The van der Waals surface area contributed by atoms with Gasteiger partial charge in [-0.05, 0) is 31.1 Å². The zero-order valence-electron chi connectivity index (χ0n) is 10.2. The molecule has 3 heteroatoms. The van der Waals surface area contributed by atoms with Gasteiger partial charge in [0.2, 0.25) is 5.88 Å². The van der Waals surface area contributed by atoms with Gasteiger partial charge in [-0.15, -0.1) is 0 Å². The standard InChI is InChI=1S/C12H22N2O/c1-8(2)5-6-11-10(7-9(3)4)12(13)15-14-11/h8-9H,5-7,13H2,1-4H3. The van der Waals surface area contributed by atoms with Gasteiger partial charge in [0.05, 0.1) is 5.69 Å². The van der Waals surface area contributed by atoms with Crippen LogP contribution in [0.1, 0.15) is 45.4 Å². The van der Waals surface area contributed by atoms with Crippen LogP contribution in [0.15, 0.2) is 4.52 Å². The minimum Gasteiger partial charge on any atom is -0.367 e. The minimum absolute atomic E-state index is 0.502. The van der Waals surface area contributed by atoms with E-state index in [-0.39, 0.29) is 0 Å². The van der Waals surface area contributed by atoms with Crippen LogP contribution in [0.3, 0.4) is 0 Å². The Labute approximate surface area is 92.0 Å². The van der Waals surface area contributed by atoms with Crippen molar-refractivity contribution in [3.05, 3.63) is 11.3 Å². The lowest BCUT2D eigenvalue weighted by atomic mass is 9.98. The van der Waals surface area contributed by atoms with Gasteiger partial charge in [-0.25, -0.2) is 0 Å². The molecule has 1 heterocycles. The molecule has 0 atom stereocenters. The van der Waals surface area contributed by atoms with Crippen molar-refractivity contribution in [3.63, 3.8) is 0 Å². The summed E-state index contributed by atoms with van der Waals surface area (Å²) < 4.78 is 5.06. The third-order valence-electron chi connectivity index (χ3n) is 2.47. The number of hydrogen-bond acceptors (Lipinski definition) is 3. The molecular weight excluding hydrogens is 188 g/mol. The molecule has 0 spiro atoms. The third-order valence-corrected chi connectivity index (χ3v) is 2.47. The van der Waals surface area contributed by atoms with Gasteiger partial charge < -0.3 is 10.3 Å². The molecule has 0 saturated heterocycles. The first-order valence-electron chi connectivity index (χ1n) is 5.73. The quantitative estimate of drug-likeness (QED) is 0.812. The van der Waals surface area contributed by atoms with Crippen molar-refractivity contribution in [3.8, 4) is 0 Å². The number of nitrogen functional groups attached to an aromatic ring is 1. The summed E-state index contributed by atoms with van der Waals surface area (Å²) in [6, 6.07) is 0. The van der Waals surface area contributed by atoms with Crippen LogP contribution in [0.25, 0.3) is 0 Å². The maximum atomic E-state index is 5.77. The lowest BCUT2D eigenvalue weighted by Crippen LogP contribution is -2.02. The fourth-order valence-electron chi connectivity index (χ4n) is 1.61. The summed E-state index contributed by atoms with van der Waals surface area (Å²) in [5, 5.41) is 4.04. The van der Waals surface area contributed by atoms with E-state index >= 15 is 0 Å². The predicted octanol–water partition coefficient (Wildman–Crippen LogP) is 3.04. The summed E-state index contributed by atoms with van der Waals surface area (Å²) in [7, 11) is 0. The monoisotopic (exact) mass is 210 g/mol.